The fraction of sp³-hybridized carbons (Fsp3) is 0.211. The lowest BCUT2D eigenvalue weighted by Crippen LogP contribution is -2.36. The average Bonchev–Trinajstić information content (AvgIpc) is 3.08. The van der Waals surface area contributed by atoms with Crippen molar-refractivity contribution in [2.75, 3.05) is 12.4 Å². The van der Waals surface area contributed by atoms with E-state index >= 15 is 0 Å². The van der Waals surface area contributed by atoms with E-state index in [0.717, 1.165) is 11.8 Å². The number of carbonyl (C=O) groups is 1. The Morgan fingerprint density at radius 2 is 1.96 bits per heavy atom. The molecule has 7 nitrogen and oxygen atoms in total. The van der Waals surface area contributed by atoms with E-state index in [1.807, 2.05) is 6.92 Å². The Bertz CT molecular complexity index is 945. The molecule has 0 saturated heterocycles. The quantitative estimate of drug-likeness (QED) is 0.482. The molecule has 0 aliphatic carbocycles. The minimum absolute atomic E-state index is 0.186. The summed E-state index contributed by atoms with van der Waals surface area (Å²) in [5.41, 5.74) is 1.07. The highest BCUT2D eigenvalue weighted by Crippen LogP contribution is 2.30. The minimum atomic E-state index is -0.631. The lowest BCUT2D eigenvalue weighted by atomic mass is 10.2. The number of nitrogens with one attached hydrogen (secondary N) is 1. The lowest BCUT2D eigenvalue weighted by Gasteiger charge is -2.13. The molecule has 0 aliphatic rings. The van der Waals surface area contributed by atoms with Gasteiger partial charge in [-0.3, -0.25) is 4.79 Å². The molecule has 0 fully saturated rings. The lowest BCUT2D eigenvalue weighted by molar-refractivity contribution is -0.705. The van der Waals surface area contributed by atoms with Crippen LogP contribution in [0.5, 0.6) is 11.7 Å². The molecule has 0 radical (unpaired) electrons. The van der Waals surface area contributed by atoms with Crippen molar-refractivity contribution in [3.05, 3.63) is 54.3 Å². The Morgan fingerprint density at radius 3 is 2.57 bits per heavy atom. The molecule has 1 unspecified atom stereocenters. The van der Waals surface area contributed by atoms with Gasteiger partial charge in [0.1, 0.15) is 11.6 Å². The number of halogens is 1. The summed E-state index contributed by atoms with van der Waals surface area (Å²) in [7, 11) is 1.56. The largest absolute Gasteiger partial charge is 0.538 e. The first kappa shape index (κ1) is 19.7. The summed E-state index contributed by atoms with van der Waals surface area (Å²) in [6, 6.07) is 12.4. The van der Waals surface area contributed by atoms with Gasteiger partial charge in [-0.2, -0.15) is 0 Å². The van der Waals surface area contributed by atoms with Crippen molar-refractivity contribution in [2.45, 2.75) is 23.6 Å². The molecule has 0 bridgehead atoms. The van der Waals surface area contributed by atoms with Crippen molar-refractivity contribution in [1.82, 2.24) is 5.27 Å². The number of ether oxygens (including phenoxy) is 1. The van der Waals surface area contributed by atoms with Gasteiger partial charge in [0.2, 0.25) is 11.6 Å². The molecule has 3 rings (SSSR count). The third-order valence-corrected chi connectivity index (χ3v) is 5.31. The van der Waals surface area contributed by atoms with Gasteiger partial charge in [-0.1, -0.05) is 6.92 Å². The van der Waals surface area contributed by atoms with Crippen LogP contribution in [0.25, 0.3) is 5.69 Å². The Hall–Kier alpha value is -3.07. The second-order valence-corrected chi connectivity index (χ2v) is 6.98. The highest BCUT2D eigenvalue weighted by atomic mass is 32.2. The molecule has 0 spiro atoms. The molecule has 1 amide bonds. The zero-order valence-electron chi connectivity index (χ0n) is 15.2. The first-order valence-electron chi connectivity index (χ1n) is 8.48. The van der Waals surface area contributed by atoms with Crippen molar-refractivity contribution in [3.8, 4) is 17.4 Å². The summed E-state index contributed by atoms with van der Waals surface area (Å²) < 4.78 is 24.3. The summed E-state index contributed by atoms with van der Waals surface area (Å²) in [5, 5.41) is 18.3. The predicted molar refractivity (Wildman–Crippen MR) is 99.0 cm³/mol. The van der Waals surface area contributed by atoms with E-state index in [-0.39, 0.29) is 16.8 Å². The molecule has 0 aliphatic heterocycles. The van der Waals surface area contributed by atoms with Gasteiger partial charge in [0.15, 0.2) is 5.95 Å². The fourth-order valence-electron chi connectivity index (χ4n) is 2.44. The number of aromatic nitrogens is 2. The number of thioether (sulfide) groups is 1. The van der Waals surface area contributed by atoms with Crippen molar-refractivity contribution in [3.63, 3.8) is 0 Å². The zero-order chi connectivity index (χ0) is 20.1. The normalized spacial score (nSPS) is 11.8. The van der Waals surface area contributed by atoms with Crippen LogP contribution in [0.2, 0.25) is 0 Å². The van der Waals surface area contributed by atoms with Gasteiger partial charge >= 0.3 is 0 Å². The van der Waals surface area contributed by atoms with Crippen LogP contribution < -0.4 is 19.8 Å². The Balaban J connectivity index is 1.79. The molecular formula is C19H18FN3O4S. The maximum absolute atomic E-state index is 13.0. The Morgan fingerprint density at radius 1 is 1.29 bits per heavy atom. The highest BCUT2D eigenvalue weighted by Gasteiger charge is 2.28. The summed E-state index contributed by atoms with van der Waals surface area (Å²) >= 11 is 1.06. The van der Waals surface area contributed by atoms with E-state index in [4.69, 9.17) is 9.26 Å². The molecule has 9 heteroatoms. The van der Waals surface area contributed by atoms with Crippen LogP contribution in [0, 0.1) is 5.82 Å². The number of methoxy groups -OCH3 is 1. The van der Waals surface area contributed by atoms with Crippen molar-refractivity contribution < 1.29 is 28.2 Å². The van der Waals surface area contributed by atoms with E-state index in [0.29, 0.717) is 23.5 Å². The maximum atomic E-state index is 13.0. The van der Waals surface area contributed by atoms with E-state index in [1.165, 1.54) is 28.9 Å². The second-order valence-electron chi connectivity index (χ2n) is 5.79. The Kier molecular flexibility index (Phi) is 6.15. The van der Waals surface area contributed by atoms with Gasteiger partial charge in [-0.05, 0) is 59.3 Å². The van der Waals surface area contributed by atoms with E-state index in [2.05, 4.69) is 10.6 Å². The molecule has 1 heterocycles. The Labute approximate surface area is 165 Å². The molecule has 1 atom stereocenters. The summed E-state index contributed by atoms with van der Waals surface area (Å²) in [4.78, 5) is 12.6. The van der Waals surface area contributed by atoms with Crippen molar-refractivity contribution in [1.29, 1.82) is 0 Å². The van der Waals surface area contributed by atoms with Gasteiger partial charge in [0.05, 0.1) is 17.6 Å². The number of nitrogens with zero attached hydrogens (tertiary/aromatic N) is 2. The fourth-order valence-corrected chi connectivity index (χ4v) is 3.41. The second kappa shape index (κ2) is 8.75. The number of carbonyl (C=O) groups excluding carboxylic acids is 1. The van der Waals surface area contributed by atoms with Crippen LogP contribution in [0.4, 0.5) is 10.1 Å². The zero-order valence-corrected chi connectivity index (χ0v) is 16.0. The molecule has 1 aromatic heterocycles. The number of anilines is 1. The number of rotatable bonds is 7. The molecule has 0 saturated carbocycles. The van der Waals surface area contributed by atoms with Gasteiger partial charge in [0, 0.05) is 17.8 Å². The number of benzene rings is 2. The molecule has 3 aromatic rings. The standard InChI is InChI=1S/C19H18FN3O4S/c1-3-16(17(24)21-13-6-4-12(20)5-7-13)28-18-19(25)27-22-23(18)14-8-10-15(26-2)11-9-14/h4-11,16H,3H2,1-2H3,(H-,21,22,24,25). The average molecular weight is 403 g/mol. The summed E-state index contributed by atoms with van der Waals surface area (Å²) in [6.45, 7) is 1.83. The van der Waals surface area contributed by atoms with E-state index in [9.17, 15) is 14.3 Å². The number of hydrogen-bond acceptors (Lipinski definition) is 6. The van der Waals surface area contributed by atoms with Crippen LogP contribution >= 0.6 is 11.8 Å². The third kappa shape index (κ3) is 4.42. The van der Waals surface area contributed by atoms with Crippen LogP contribution in [0.1, 0.15) is 13.3 Å². The van der Waals surface area contributed by atoms with Crippen molar-refractivity contribution in [2.24, 2.45) is 0 Å². The molecule has 146 valence electrons. The molecule has 2 aromatic carbocycles. The third-order valence-electron chi connectivity index (χ3n) is 3.92. The van der Waals surface area contributed by atoms with Crippen LogP contribution in [0.3, 0.4) is 0 Å². The SMILES string of the molecule is CCC(Sc1c([O-])on[n+]1-c1ccc(OC)cc1)C(=O)Nc1ccc(F)cc1. The first-order valence-corrected chi connectivity index (χ1v) is 9.36. The highest BCUT2D eigenvalue weighted by molar-refractivity contribution is 8.00. The predicted octanol–water partition coefficient (Wildman–Crippen LogP) is 2.68. The molecular weight excluding hydrogens is 385 g/mol. The summed E-state index contributed by atoms with van der Waals surface area (Å²) in [6.07, 6.45) is 0.463. The number of amides is 1. The van der Waals surface area contributed by atoms with Crippen LogP contribution in [0.15, 0.2) is 58.1 Å². The van der Waals surface area contributed by atoms with E-state index in [1.54, 1.807) is 31.4 Å². The van der Waals surface area contributed by atoms with Gasteiger partial charge in [-0.25, -0.2) is 4.39 Å². The van der Waals surface area contributed by atoms with Gasteiger partial charge in [0.25, 0.3) is 5.03 Å². The maximum Gasteiger partial charge on any atom is 0.298 e. The monoisotopic (exact) mass is 403 g/mol. The first-order chi connectivity index (χ1) is 13.5. The van der Waals surface area contributed by atoms with Crippen molar-refractivity contribution >= 4 is 23.4 Å². The molecule has 28 heavy (non-hydrogen) atoms. The van der Waals surface area contributed by atoms with Gasteiger partial charge in [-0.15, -0.1) is 0 Å². The van der Waals surface area contributed by atoms with Crippen LogP contribution in [-0.2, 0) is 4.79 Å². The smallest absolute Gasteiger partial charge is 0.298 e. The molecule has 1 N–H and O–H groups in total. The number of hydrogen-bond donors (Lipinski definition) is 1. The topological polar surface area (TPSA) is 91.3 Å². The minimum Gasteiger partial charge on any atom is -0.538 e. The van der Waals surface area contributed by atoms with Gasteiger partial charge < -0.3 is 19.7 Å². The summed E-state index contributed by atoms with van der Waals surface area (Å²) in [5.74, 6) is -0.662. The van der Waals surface area contributed by atoms with E-state index < -0.39 is 11.2 Å². The van der Waals surface area contributed by atoms with Crippen LogP contribution in [-0.4, -0.2) is 23.5 Å².